The summed E-state index contributed by atoms with van der Waals surface area (Å²) in [6, 6.07) is 13.7. The van der Waals surface area contributed by atoms with Crippen molar-refractivity contribution in [3.05, 3.63) is 59.9 Å². The van der Waals surface area contributed by atoms with Crippen LogP contribution in [0.25, 0.3) is 0 Å². The number of carboxylic acid groups (broad SMARTS) is 1. The van der Waals surface area contributed by atoms with Crippen molar-refractivity contribution >= 4 is 5.97 Å². The first-order valence-electron chi connectivity index (χ1n) is 8.08. The number of likely N-dealkylation sites (tertiary alicyclic amines) is 1. The number of ether oxygens (including phenoxy) is 1. The molecule has 0 unspecified atom stereocenters. The Balaban J connectivity index is 1.54. The van der Waals surface area contributed by atoms with Crippen LogP contribution in [-0.4, -0.2) is 29.1 Å². The topological polar surface area (TPSA) is 49.8 Å². The van der Waals surface area contributed by atoms with E-state index in [1.807, 2.05) is 24.3 Å². The molecule has 1 fully saturated rings. The quantitative estimate of drug-likeness (QED) is 0.903. The maximum Gasteiger partial charge on any atom is 0.306 e. The minimum atomic E-state index is -0.687. The first-order valence-corrected chi connectivity index (χ1v) is 8.08. The van der Waals surface area contributed by atoms with Crippen LogP contribution >= 0.6 is 0 Å². The van der Waals surface area contributed by atoms with Gasteiger partial charge in [0.2, 0.25) is 0 Å². The summed E-state index contributed by atoms with van der Waals surface area (Å²) in [5, 5.41) is 9.03. The lowest BCUT2D eigenvalue weighted by atomic mass is 9.97. The third-order valence-electron chi connectivity index (χ3n) is 4.30. The molecule has 0 aromatic heterocycles. The third kappa shape index (κ3) is 4.32. The lowest BCUT2D eigenvalue weighted by molar-refractivity contribution is -0.143. The van der Waals surface area contributed by atoms with Gasteiger partial charge in [0.05, 0.1) is 5.92 Å². The average molecular weight is 329 g/mol. The van der Waals surface area contributed by atoms with E-state index in [9.17, 15) is 9.18 Å². The SMILES string of the molecule is O=C(O)C1CCN(Cc2ccc(Oc3cccc(F)c3)cc2)CC1. The molecule has 0 bridgehead atoms. The molecule has 0 aliphatic carbocycles. The van der Waals surface area contributed by atoms with E-state index in [0.29, 0.717) is 24.3 Å². The summed E-state index contributed by atoms with van der Waals surface area (Å²) in [4.78, 5) is 13.2. The highest BCUT2D eigenvalue weighted by atomic mass is 19.1. The summed E-state index contributed by atoms with van der Waals surface area (Å²) in [5.74, 6) is -0.0851. The number of piperidine rings is 1. The number of rotatable bonds is 5. The number of nitrogens with zero attached hydrogens (tertiary/aromatic N) is 1. The van der Waals surface area contributed by atoms with Crippen LogP contribution in [0.5, 0.6) is 11.5 Å². The van der Waals surface area contributed by atoms with Crippen molar-refractivity contribution < 1.29 is 19.0 Å². The second-order valence-corrected chi connectivity index (χ2v) is 6.09. The number of carboxylic acids is 1. The van der Waals surface area contributed by atoms with Crippen LogP contribution in [0.3, 0.4) is 0 Å². The predicted molar refractivity (Wildman–Crippen MR) is 88.6 cm³/mol. The average Bonchev–Trinajstić information content (AvgIpc) is 2.57. The number of halogens is 1. The number of hydrogen-bond donors (Lipinski definition) is 1. The number of aliphatic carboxylic acids is 1. The lowest BCUT2D eigenvalue weighted by Gasteiger charge is -2.30. The van der Waals surface area contributed by atoms with Crippen molar-refractivity contribution in [3.8, 4) is 11.5 Å². The first kappa shape index (κ1) is 16.5. The van der Waals surface area contributed by atoms with Gasteiger partial charge in [0, 0.05) is 12.6 Å². The van der Waals surface area contributed by atoms with Crippen LogP contribution in [0.15, 0.2) is 48.5 Å². The maximum atomic E-state index is 13.1. The van der Waals surface area contributed by atoms with E-state index in [1.54, 1.807) is 12.1 Å². The Bertz CT molecular complexity index is 694. The molecule has 1 saturated heterocycles. The summed E-state index contributed by atoms with van der Waals surface area (Å²) in [6.45, 7) is 2.41. The van der Waals surface area contributed by atoms with E-state index < -0.39 is 5.97 Å². The van der Waals surface area contributed by atoms with Crippen LogP contribution in [0.4, 0.5) is 4.39 Å². The molecule has 1 heterocycles. The molecule has 4 nitrogen and oxygen atoms in total. The Hall–Kier alpha value is -2.40. The molecule has 0 saturated carbocycles. The summed E-state index contributed by atoms with van der Waals surface area (Å²) in [6.07, 6.45) is 1.41. The van der Waals surface area contributed by atoms with Crippen molar-refractivity contribution in [2.24, 2.45) is 5.92 Å². The standard InChI is InChI=1S/C19H20FNO3/c20-16-2-1-3-18(12-16)24-17-6-4-14(5-7-17)13-21-10-8-15(9-11-21)19(22)23/h1-7,12,15H,8-11,13H2,(H,22,23). The van der Waals surface area contributed by atoms with Gasteiger partial charge in [-0.25, -0.2) is 4.39 Å². The van der Waals surface area contributed by atoms with E-state index in [4.69, 9.17) is 9.84 Å². The Morgan fingerprint density at radius 1 is 1.12 bits per heavy atom. The Morgan fingerprint density at radius 3 is 2.46 bits per heavy atom. The number of carbonyl (C=O) groups is 1. The van der Waals surface area contributed by atoms with E-state index in [2.05, 4.69) is 4.90 Å². The highest BCUT2D eigenvalue weighted by molar-refractivity contribution is 5.70. The van der Waals surface area contributed by atoms with Crippen molar-refractivity contribution in [1.29, 1.82) is 0 Å². The number of hydrogen-bond acceptors (Lipinski definition) is 3. The molecule has 0 radical (unpaired) electrons. The van der Waals surface area contributed by atoms with Crippen LogP contribution < -0.4 is 4.74 Å². The summed E-state index contributed by atoms with van der Waals surface area (Å²) in [5.41, 5.74) is 1.15. The van der Waals surface area contributed by atoms with Gasteiger partial charge in [-0.3, -0.25) is 9.69 Å². The second kappa shape index (κ2) is 7.45. The lowest BCUT2D eigenvalue weighted by Crippen LogP contribution is -2.35. The van der Waals surface area contributed by atoms with Gasteiger partial charge in [-0.05, 0) is 55.8 Å². The fourth-order valence-corrected chi connectivity index (χ4v) is 2.93. The van der Waals surface area contributed by atoms with Gasteiger partial charge in [0.15, 0.2) is 0 Å². The van der Waals surface area contributed by atoms with E-state index in [0.717, 1.165) is 25.2 Å². The second-order valence-electron chi connectivity index (χ2n) is 6.09. The molecule has 1 aliphatic rings. The van der Waals surface area contributed by atoms with Crippen molar-refractivity contribution in [2.75, 3.05) is 13.1 Å². The normalized spacial score (nSPS) is 16.0. The smallest absolute Gasteiger partial charge is 0.306 e. The van der Waals surface area contributed by atoms with Gasteiger partial charge >= 0.3 is 5.97 Å². The van der Waals surface area contributed by atoms with Crippen LogP contribution in [-0.2, 0) is 11.3 Å². The zero-order valence-corrected chi connectivity index (χ0v) is 13.3. The third-order valence-corrected chi connectivity index (χ3v) is 4.30. The Labute approximate surface area is 140 Å². The predicted octanol–water partition coefficient (Wildman–Crippen LogP) is 3.91. The molecule has 2 aromatic rings. The molecule has 24 heavy (non-hydrogen) atoms. The maximum absolute atomic E-state index is 13.1. The zero-order valence-electron chi connectivity index (χ0n) is 13.3. The summed E-state index contributed by atoms with van der Waals surface area (Å²) >= 11 is 0. The molecule has 0 atom stereocenters. The zero-order chi connectivity index (χ0) is 16.9. The highest BCUT2D eigenvalue weighted by Gasteiger charge is 2.24. The Morgan fingerprint density at radius 2 is 1.83 bits per heavy atom. The van der Waals surface area contributed by atoms with Crippen molar-refractivity contribution in [3.63, 3.8) is 0 Å². The molecular weight excluding hydrogens is 309 g/mol. The van der Waals surface area contributed by atoms with Crippen molar-refractivity contribution in [1.82, 2.24) is 4.90 Å². The molecule has 5 heteroatoms. The van der Waals surface area contributed by atoms with Gasteiger partial charge in [0.25, 0.3) is 0 Å². The minimum absolute atomic E-state index is 0.205. The van der Waals surface area contributed by atoms with Gasteiger partial charge < -0.3 is 9.84 Å². The summed E-state index contributed by atoms with van der Waals surface area (Å²) < 4.78 is 18.8. The molecule has 126 valence electrons. The highest BCUT2D eigenvalue weighted by Crippen LogP contribution is 2.24. The molecule has 1 aliphatic heterocycles. The fourth-order valence-electron chi connectivity index (χ4n) is 2.93. The first-order chi connectivity index (χ1) is 11.6. The fraction of sp³-hybridized carbons (Fsp3) is 0.316. The molecule has 0 amide bonds. The van der Waals surface area contributed by atoms with E-state index in [-0.39, 0.29) is 11.7 Å². The largest absolute Gasteiger partial charge is 0.481 e. The van der Waals surface area contributed by atoms with E-state index in [1.165, 1.54) is 12.1 Å². The van der Waals surface area contributed by atoms with Crippen LogP contribution in [0, 0.1) is 11.7 Å². The molecule has 0 spiro atoms. The van der Waals surface area contributed by atoms with Crippen LogP contribution in [0.1, 0.15) is 18.4 Å². The molecule has 3 rings (SSSR count). The van der Waals surface area contributed by atoms with Crippen molar-refractivity contribution in [2.45, 2.75) is 19.4 Å². The van der Waals surface area contributed by atoms with Gasteiger partial charge in [-0.2, -0.15) is 0 Å². The number of benzene rings is 2. The summed E-state index contributed by atoms with van der Waals surface area (Å²) in [7, 11) is 0. The van der Waals surface area contributed by atoms with Crippen LogP contribution in [0.2, 0.25) is 0 Å². The monoisotopic (exact) mass is 329 g/mol. The Kier molecular flexibility index (Phi) is 5.11. The molecule has 1 N–H and O–H groups in total. The molecular formula is C19H20FNO3. The minimum Gasteiger partial charge on any atom is -0.481 e. The van der Waals surface area contributed by atoms with Gasteiger partial charge in [-0.1, -0.05) is 18.2 Å². The molecule has 2 aromatic carbocycles. The van der Waals surface area contributed by atoms with Gasteiger partial charge in [0.1, 0.15) is 17.3 Å². The van der Waals surface area contributed by atoms with E-state index >= 15 is 0 Å². The van der Waals surface area contributed by atoms with Gasteiger partial charge in [-0.15, -0.1) is 0 Å².